The number of benzene rings is 1. The largest absolute Gasteiger partial charge is 0.471 e. The van der Waals surface area contributed by atoms with Crippen LogP contribution >= 0.6 is 0 Å². The summed E-state index contributed by atoms with van der Waals surface area (Å²) in [6.45, 7) is 3.01. The Morgan fingerprint density at radius 3 is 2.86 bits per heavy atom. The lowest BCUT2D eigenvalue weighted by Crippen LogP contribution is -2.07. The molecule has 0 aliphatic heterocycles. The number of hydrogen-bond acceptors (Lipinski definition) is 4. The Kier molecular flexibility index (Phi) is 5.70. The topological polar surface area (TPSA) is 47.0 Å². The molecule has 0 amide bonds. The summed E-state index contributed by atoms with van der Waals surface area (Å²) in [6, 6.07) is 9.82. The van der Waals surface area contributed by atoms with Crippen molar-refractivity contribution in [2.24, 2.45) is 0 Å². The Morgan fingerprint density at radius 1 is 1.29 bits per heavy atom. The molecule has 1 N–H and O–H groups in total. The van der Waals surface area contributed by atoms with Gasteiger partial charge in [-0.3, -0.25) is 0 Å². The van der Waals surface area contributed by atoms with E-state index in [4.69, 9.17) is 4.74 Å². The molecule has 0 unspecified atom stereocenters. The quantitative estimate of drug-likeness (QED) is 0.846. The van der Waals surface area contributed by atoms with Gasteiger partial charge in [-0.2, -0.15) is 9.37 Å². The second kappa shape index (κ2) is 7.99. The van der Waals surface area contributed by atoms with Crippen molar-refractivity contribution >= 4 is 12.0 Å². The fourth-order valence-electron chi connectivity index (χ4n) is 1.65. The average molecular weight is 287 g/mol. The molecule has 0 aliphatic carbocycles. The van der Waals surface area contributed by atoms with Gasteiger partial charge in [0.1, 0.15) is 6.61 Å². The molecule has 1 aromatic heterocycles. The number of ether oxygens (including phenoxy) is 1. The van der Waals surface area contributed by atoms with Crippen molar-refractivity contribution in [3.63, 3.8) is 0 Å². The highest BCUT2D eigenvalue weighted by Crippen LogP contribution is 2.14. The molecular formula is C16H18FN3O. The molecule has 5 heteroatoms. The van der Waals surface area contributed by atoms with Crippen molar-refractivity contribution in [1.82, 2.24) is 9.97 Å². The van der Waals surface area contributed by atoms with E-state index in [0.717, 1.165) is 24.7 Å². The minimum atomic E-state index is -0.565. The zero-order valence-corrected chi connectivity index (χ0v) is 11.9. The molecule has 2 aromatic rings. The molecule has 0 spiro atoms. The molecule has 21 heavy (non-hydrogen) atoms. The van der Waals surface area contributed by atoms with Gasteiger partial charge >= 0.3 is 0 Å². The summed E-state index contributed by atoms with van der Waals surface area (Å²) in [4.78, 5) is 7.86. The molecule has 0 atom stereocenters. The van der Waals surface area contributed by atoms with Crippen molar-refractivity contribution in [1.29, 1.82) is 0 Å². The summed E-state index contributed by atoms with van der Waals surface area (Å²) in [6.07, 6.45) is 5.78. The Morgan fingerprint density at radius 2 is 2.10 bits per heavy atom. The van der Waals surface area contributed by atoms with Crippen molar-refractivity contribution in [2.45, 2.75) is 13.3 Å². The number of nitrogens with one attached hydrogen (secondary N) is 1. The highest BCUT2D eigenvalue weighted by molar-refractivity contribution is 5.48. The Balaban J connectivity index is 1.91. The summed E-state index contributed by atoms with van der Waals surface area (Å²) in [5.74, 6) is -0.230. The maximum atomic E-state index is 13.5. The predicted molar refractivity (Wildman–Crippen MR) is 81.7 cm³/mol. The van der Waals surface area contributed by atoms with Crippen molar-refractivity contribution in [3.8, 4) is 5.88 Å². The van der Waals surface area contributed by atoms with Gasteiger partial charge in [0.2, 0.25) is 11.8 Å². The number of aromatic nitrogens is 2. The van der Waals surface area contributed by atoms with Crippen LogP contribution in [0.3, 0.4) is 0 Å². The van der Waals surface area contributed by atoms with Crippen LogP contribution in [-0.4, -0.2) is 23.1 Å². The van der Waals surface area contributed by atoms with E-state index < -0.39 is 5.82 Å². The molecule has 1 aromatic carbocycles. The first kappa shape index (κ1) is 15.0. The Hall–Kier alpha value is -2.43. The number of hydrogen-bond donors (Lipinski definition) is 1. The maximum absolute atomic E-state index is 13.5. The summed E-state index contributed by atoms with van der Waals surface area (Å²) in [5, 5.41) is 2.99. The molecule has 4 nitrogen and oxygen atoms in total. The normalized spacial score (nSPS) is 10.8. The van der Waals surface area contributed by atoms with E-state index in [-0.39, 0.29) is 12.5 Å². The highest BCUT2D eigenvalue weighted by Gasteiger charge is 2.07. The van der Waals surface area contributed by atoms with Crippen molar-refractivity contribution in [2.75, 3.05) is 18.5 Å². The second-order valence-electron chi connectivity index (χ2n) is 4.40. The molecule has 0 fully saturated rings. The molecule has 0 saturated heterocycles. The standard InChI is InChI=1S/C16H18FN3O/c1-2-10-18-16-19-12-14(17)15(20-16)21-11-6-9-13-7-4-3-5-8-13/h3-9,12H,2,10-11H2,1H3,(H,18,19,20)/b9-6+. The lowest BCUT2D eigenvalue weighted by atomic mass is 10.2. The van der Waals surface area contributed by atoms with Crippen LogP contribution in [0.1, 0.15) is 18.9 Å². The summed E-state index contributed by atoms with van der Waals surface area (Å²) in [5.41, 5.74) is 1.06. The SMILES string of the molecule is CCCNc1ncc(F)c(OC/C=C/c2ccccc2)n1. The van der Waals surface area contributed by atoms with Crippen LogP contribution in [0.25, 0.3) is 6.08 Å². The first-order chi connectivity index (χ1) is 10.3. The minimum absolute atomic E-state index is 0.0404. The van der Waals surface area contributed by atoms with Crippen LogP contribution in [0.15, 0.2) is 42.6 Å². The maximum Gasteiger partial charge on any atom is 0.255 e. The van der Waals surface area contributed by atoms with E-state index in [9.17, 15) is 4.39 Å². The first-order valence-corrected chi connectivity index (χ1v) is 6.90. The minimum Gasteiger partial charge on any atom is -0.471 e. The van der Waals surface area contributed by atoms with Gasteiger partial charge in [-0.25, -0.2) is 4.98 Å². The fraction of sp³-hybridized carbons (Fsp3) is 0.250. The van der Waals surface area contributed by atoms with Crippen LogP contribution in [-0.2, 0) is 0 Å². The molecule has 0 bridgehead atoms. The summed E-state index contributed by atoms with van der Waals surface area (Å²) in [7, 11) is 0. The van der Waals surface area contributed by atoms with E-state index >= 15 is 0 Å². The molecule has 1 heterocycles. The molecule has 2 rings (SSSR count). The third-order valence-electron chi connectivity index (χ3n) is 2.67. The number of halogens is 1. The molecular weight excluding hydrogens is 269 g/mol. The monoisotopic (exact) mass is 287 g/mol. The fourth-order valence-corrected chi connectivity index (χ4v) is 1.65. The molecule has 110 valence electrons. The summed E-state index contributed by atoms with van der Waals surface area (Å²) < 4.78 is 18.9. The summed E-state index contributed by atoms with van der Waals surface area (Å²) >= 11 is 0. The van der Waals surface area contributed by atoms with E-state index in [1.165, 1.54) is 0 Å². The average Bonchev–Trinajstić information content (AvgIpc) is 2.53. The van der Waals surface area contributed by atoms with E-state index in [2.05, 4.69) is 15.3 Å². The van der Waals surface area contributed by atoms with Gasteiger partial charge in [0, 0.05) is 6.54 Å². The Labute approximate surface area is 123 Å². The zero-order valence-electron chi connectivity index (χ0n) is 11.9. The van der Waals surface area contributed by atoms with Gasteiger partial charge < -0.3 is 10.1 Å². The first-order valence-electron chi connectivity index (χ1n) is 6.90. The second-order valence-corrected chi connectivity index (χ2v) is 4.40. The van der Waals surface area contributed by atoms with Crippen LogP contribution in [0.4, 0.5) is 10.3 Å². The predicted octanol–water partition coefficient (Wildman–Crippen LogP) is 3.53. The van der Waals surface area contributed by atoms with Gasteiger partial charge in [-0.15, -0.1) is 0 Å². The number of rotatable bonds is 7. The number of nitrogens with zero attached hydrogens (tertiary/aromatic N) is 2. The molecule has 0 aliphatic rings. The van der Waals surface area contributed by atoms with Gasteiger partial charge in [-0.05, 0) is 18.1 Å². The van der Waals surface area contributed by atoms with Crippen LogP contribution in [0.5, 0.6) is 5.88 Å². The smallest absolute Gasteiger partial charge is 0.255 e. The lowest BCUT2D eigenvalue weighted by Gasteiger charge is -2.06. The van der Waals surface area contributed by atoms with E-state index in [1.54, 1.807) is 0 Å². The van der Waals surface area contributed by atoms with Crippen molar-refractivity contribution in [3.05, 3.63) is 54.0 Å². The third kappa shape index (κ3) is 4.87. The lowest BCUT2D eigenvalue weighted by molar-refractivity contribution is 0.326. The highest BCUT2D eigenvalue weighted by atomic mass is 19.1. The molecule has 0 radical (unpaired) electrons. The van der Waals surface area contributed by atoms with Crippen LogP contribution in [0, 0.1) is 5.82 Å². The van der Waals surface area contributed by atoms with Gasteiger partial charge in [0.15, 0.2) is 0 Å². The zero-order chi connectivity index (χ0) is 14.9. The van der Waals surface area contributed by atoms with Crippen LogP contribution in [0.2, 0.25) is 0 Å². The number of anilines is 1. The molecule has 0 saturated carbocycles. The van der Waals surface area contributed by atoms with Gasteiger partial charge in [0.05, 0.1) is 6.20 Å². The van der Waals surface area contributed by atoms with Gasteiger partial charge in [-0.1, -0.05) is 43.3 Å². The van der Waals surface area contributed by atoms with E-state index in [0.29, 0.717) is 5.95 Å². The van der Waals surface area contributed by atoms with Gasteiger partial charge in [0.25, 0.3) is 5.88 Å². The Bertz CT molecular complexity index is 587. The third-order valence-corrected chi connectivity index (χ3v) is 2.67. The van der Waals surface area contributed by atoms with Crippen LogP contribution < -0.4 is 10.1 Å². The van der Waals surface area contributed by atoms with E-state index in [1.807, 2.05) is 49.4 Å². The van der Waals surface area contributed by atoms with Crippen molar-refractivity contribution < 1.29 is 9.13 Å².